The van der Waals surface area contributed by atoms with E-state index in [-0.39, 0.29) is 5.28 Å². The lowest BCUT2D eigenvalue weighted by molar-refractivity contribution is 0.690. The highest BCUT2D eigenvalue weighted by Crippen LogP contribution is 2.38. The molecule has 0 aliphatic heterocycles. The zero-order valence-electron chi connectivity index (χ0n) is 7.63. The fourth-order valence-corrected chi connectivity index (χ4v) is 2.61. The first-order chi connectivity index (χ1) is 6.68. The van der Waals surface area contributed by atoms with Gasteiger partial charge in [-0.3, -0.25) is 0 Å². The summed E-state index contributed by atoms with van der Waals surface area (Å²) in [4.78, 5) is 8.13. The van der Waals surface area contributed by atoms with E-state index in [1.54, 1.807) is 0 Å². The Labute approximate surface area is 96.2 Å². The van der Waals surface area contributed by atoms with E-state index in [1.807, 2.05) is 0 Å². The zero-order chi connectivity index (χ0) is 10.1. The van der Waals surface area contributed by atoms with Gasteiger partial charge in [-0.15, -0.1) is 0 Å². The van der Waals surface area contributed by atoms with E-state index >= 15 is 0 Å². The standard InChI is InChI=1S/C9H11BrClN3/c10-6-7(5-3-1-2-4-5)13-9(11)14-8(6)12/h5H,1-4H2,(H2,12,13,14). The highest BCUT2D eigenvalue weighted by molar-refractivity contribution is 9.10. The zero-order valence-corrected chi connectivity index (χ0v) is 9.98. The van der Waals surface area contributed by atoms with Crippen molar-refractivity contribution in [2.75, 3.05) is 5.73 Å². The molecule has 0 amide bonds. The predicted octanol–water partition coefficient (Wildman–Crippen LogP) is 3.13. The number of nitrogens with zero attached hydrogens (tertiary/aromatic N) is 2. The summed E-state index contributed by atoms with van der Waals surface area (Å²) in [5.74, 6) is 0.930. The average molecular weight is 277 g/mol. The molecule has 1 fully saturated rings. The van der Waals surface area contributed by atoms with Gasteiger partial charge in [0.05, 0.1) is 10.2 Å². The molecule has 0 atom stereocenters. The number of hydrogen-bond acceptors (Lipinski definition) is 3. The van der Waals surface area contributed by atoms with Crippen LogP contribution in [0.1, 0.15) is 37.3 Å². The number of nitrogen functional groups attached to an aromatic ring is 1. The first-order valence-corrected chi connectivity index (χ1v) is 5.84. The van der Waals surface area contributed by atoms with Crippen LogP contribution < -0.4 is 5.73 Å². The van der Waals surface area contributed by atoms with E-state index < -0.39 is 0 Å². The Bertz CT molecular complexity index is 350. The topological polar surface area (TPSA) is 51.8 Å². The van der Waals surface area contributed by atoms with E-state index in [0.717, 1.165) is 10.2 Å². The molecule has 2 N–H and O–H groups in total. The van der Waals surface area contributed by atoms with Crippen molar-refractivity contribution in [1.29, 1.82) is 0 Å². The van der Waals surface area contributed by atoms with Crippen molar-refractivity contribution in [3.63, 3.8) is 0 Å². The molecule has 3 nitrogen and oxygen atoms in total. The summed E-state index contributed by atoms with van der Waals surface area (Å²) in [7, 11) is 0. The minimum atomic E-state index is 0.243. The lowest BCUT2D eigenvalue weighted by atomic mass is 10.0. The molecular weight excluding hydrogens is 265 g/mol. The molecule has 1 aromatic rings. The number of rotatable bonds is 1. The highest BCUT2D eigenvalue weighted by atomic mass is 79.9. The van der Waals surface area contributed by atoms with Crippen LogP contribution in [0.4, 0.5) is 5.82 Å². The second-order valence-corrected chi connectivity index (χ2v) is 4.69. The van der Waals surface area contributed by atoms with Crippen LogP contribution in [0.2, 0.25) is 5.28 Å². The summed E-state index contributed by atoms with van der Waals surface area (Å²) < 4.78 is 0.814. The Morgan fingerprint density at radius 3 is 2.57 bits per heavy atom. The van der Waals surface area contributed by atoms with Gasteiger partial charge in [0.1, 0.15) is 5.82 Å². The van der Waals surface area contributed by atoms with Crippen molar-refractivity contribution in [3.8, 4) is 0 Å². The van der Waals surface area contributed by atoms with Gasteiger partial charge in [0.15, 0.2) is 0 Å². The van der Waals surface area contributed by atoms with Crippen LogP contribution in [0, 0.1) is 0 Å². The predicted molar refractivity (Wildman–Crippen MR) is 60.4 cm³/mol. The molecule has 5 heteroatoms. The molecule has 2 rings (SSSR count). The van der Waals surface area contributed by atoms with Crippen LogP contribution in [0.25, 0.3) is 0 Å². The third kappa shape index (κ3) is 1.86. The van der Waals surface area contributed by atoms with Gasteiger partial charge in [-0.1, -0.05) is 12.8 Å². The van der Waals surface area contributed by atoms with Crippen LogP contribution in [-0.2, 0) is 0 Å². The molecule has 14 heavy (non-hydrogen) atoms. The monoisotopic (exact) mass is 275 g/mol. The number of anilines is 1. The van der Waals surface area contributed by atoms with E-state index in [1.165, 1.54) is 25.7 Å². The second-order valence-electron chi connectivity index (χ2n) is 3.56. The minimum Gasteiger partial charge on any atom is -0.383 e. The largest absolute Gasteiger partial charge is 0.383 e. The van der Waals surface area contributed by atoms with Gasteiger partial charge in [0, 0.05) is 5.92 Å². The van der Waals surface area contributed by atoms with Crippen molar-refractivity contribution in [2.45, 2.75) is 31.6 Å². The first kappa shape index (κ1) is 10.2. The molecule has 1 saturated carbocycles. The number of halogens is 2. The molecular formula is C9H11BrClN3. The molecule has 1 aliphatic rings. The van der Waals surface area contributed by atoms with E-state index in [9.17, 15) is 0 Å². The number of aromatic nitrogens is 2. The smallest absolute Gasteiger partial charge is 0.224 e. The fourth-order valence-electron chi connectivity index (χ4n) is 1.92. The van der Waals surface area contributed by atoms with Gasteiger partial charge < -0.3 is 5.73 Å². The molecule has 0 spiro atoms. The van der Waals surface area contributed by atoms with E-state index in [0.29, 0.717) is 11.7 Å². The van der Waals surface area contributed by atoms with Gasteiger partial charge in [-0.25, -0.2) is 4.98 Å². The van der Waals surface area contributed by atoms with Crippen LogP contribution >= 0.6 is 27.5 Å². The molecule has 1 heterocycles. The number of nitrogens with two attached hydrogens (primary N) is 1. The fraction of sp³-hybridized carbons (Fsp3) is 0.556. The molecule has 1 aromatic heterocycles. The number of hydrogen-bond donors (Lipinski definition) is 1. The summed E-state index contributed by atoms with van der Waals surface area (Å²) in [5.41, 5.74) is 6.68. The second kappa shape index (κ2) is 4.03. The van der Waals surface area contributed by atoms with Gasteiger partial charge in [0.25, 0.3) is 0 Å². The highest BCUT2D eigenvalue weighted by Gasteiger charge is 2.22. The lowest BCUT2D eigenvalue weighted by Crippen LogP contribution is -2.04. The Morgan fingerprint density at radius 2 is 1.93 bits per heavy atom. The maximum absolute atomic E-state index is 5.78. The Kier molecular flexibility index (Phi) is 2.93. The van der Waals surface area contributed by atoms with Crippen LogP contribution in [0.3, 0.4) is 0 Å². The molecule has 0 radical (unpaired) electrons. The molecule has 0 unspecified atom stereocenters. The quantitative estimate of drug-likeness (QED) is 0.802. The van der Waals surface area contributed by atoms with E-state index in [4.69, 9.17) is 17.3 Å². The summed E-state index contributed by atoms with van der Waals surface area (Å²) in [5, 5.41) is 0.243. The van der Waals surface area contributed by atoms with Crippen molar-refractivity contribution < 1.29 is 0 Å². The molecule has 76 valence electrons. The minimum absolute atomic E-state index is 0.243. The SMILES string of the molecule is Nc1nc(Cl)nc(C2CCCC2)c1Br. The molecule has 1 aliphatic carbocycles. The Morgan fingerprint density at radius 1 is 1.29 bits per heavy atom. The van der Waals surface area contributed by atoms with Crippen molar-refractivity contribution >= 4 is 33.3 Å². The van der Waals surface area contributed by atoms with Crippen LogP contribution in [0.15, 0.2) is 4.47 Å². The van der Waals surface area contributed by atoms with Gasteiger partial charge in [0.2, 0.25) is 5.28 Å². The van der Waals surface area contributed by atoms with Crippen molar-refractivity contribution in [1.82, 2.24) is 9.97 Å². The van der Waals surface area contributed by atoms with E-state index in [2.05, 4.69) is 25.9 Å². The van der Waals surface area contributed by atoms with Gasteiger partial charge >= 0.3 is 0 Å². The van der Waals surface area contributed by atoms with Crippen molar-refractivity contribution in [3.05, 3.63) is 15.5 Å². The summed E-state index contributed by atoms with van der Waals surface area (Å²) in [6.07, 6.45) is 4.87. The van der Waals surface area contributed by atoms with Gasteiger partial charge in [-0.05, 0) is 40.4 Å². The maximum atomic E-state index is 5.78. The third-order valence-electron chi connectivity index (χ3n) is 2.62. The van der Waals surface area contributed by atoms with Crippen molar-refractivity contribution in [2.24, 2.45) is 0 Å². The lowest BCUT2D eigenvalue weighted by Gasteiger charge is -2.11. The molecule has 0 aromatic carbocycles. The first-order valence-electron chi connectivity index (χ1n) is 4.67. The van der Waals surface area contributed by atoms with Crippen LogP contribution in [-0.4, -0.2) is 9.97 Å². The Hall–Kier alpha value is -0.350. The third-order valence-corrected chi connectivity index (χ3v) is 3.60. The average Bonchev–Trinajstić information content (AvgIpc) is 2.63. The molecule has 0 saturated heterocycles. The summed E-state index contributed by atoms with van der Waals surface area (Å²) in [6.45, 7) is 0. The Balaban J connectivity index is 2.40. The molecule has 0 bridgehead atoms. The summed E-state index contributed by atoms with van der Waals surface area (Å²) in [6, 6.07) is 0. The van der Waals surface area contributed by atoms with Crippen LogP contribution in [0.5, 0.6) is 0 Å². The maximum Gasteiger partial charge on any atom is 0.224 e. The van der Waals surface area contributed by atoms with Gasteiger partial charge in [-0.2, -0.15) is 4.98 Å². The summed E-state index contributed by atoms with van der Waals surface area (Å²) >= 11 is 9.19. The normalized spacial score (nSPS) is 17.6.